The largest absolute Gasteiger partial charge is 0.464 e. The first kappa shape index (κ1) is 42.1. The van der Waals surface area contributed by atoms with Crippen LogP contribution in [-0.2, 0) is 31.8 Å². The molecule has 1 saturated heterocycles. The van der Waals surface area contributed by atoms with E-state index in [0.717, 1.165) is 11.1 Å². The number of anilines is 1. The first-order valence-corrected chi connectivity index (χ1v) is 21.6. The highest BCUT2D eigenvalue weighted by Gasteiger charge is 2.40. The molecule has 0 bridgehead atoms. The lowest BCUT2D eigenvalue weighted by atomic mass is 9.92. The van der Waals surface area contributed by atoms with E-state index in [9.17, 15) is 19.5 Å². The average Bonchev–Trinajstić information content (AvgIpc) is 3.49. The van der Waals surface area contributed by atoms with Crippen molar-refractivity contribution in [2.45, 2.75) is 123 Å². The number of carbonyl (C=O) groups is 2. The highest BCUT2D eigenvalue weighted by Crippen LogP contribution is 2.40. The zero-order valence-electron chi connectivity index (χ0n) is 33.4. The second kappa shape index (κ2) is 16.8. The van der Waals surface area contributed by atoms with E-state index in [1.165, 1.54) is 0 Å². The van der Waals surface area contributed by atoms with Crippen LogP contribution in [-0.4, -0.2) is 94.8 Å². The van der Waals surface area contributed by atoms with Crippen LogP contribution in [0, 0.1) is 6.92 Å². The molecule has 2 atom stereocenters. The van der Waals surface area contributed by atoms with Gasteiger partial charge in [-0.3, -0.25) is 4.79 Å². The number of ether oxygens (including phenoxy) is 3. The van der Waals surface area contributed by atoms with Crippen LogP contribution in [0.5, 0.6) is 0 Å². The van der Waals surface area contributed by atoms with Crippen LogP contribution in [0.4, 0.5) is 5.82 Å². The van der Waals surface area contributed by atoms with E-state index in [4.69, 9.17) is 24.3 Å². The SMILES string of the molecule is C=CCOC1(C)CCN(c2c([C@H](OC(C)(C)C)C(=O)OCC)c(C)nc3cc(C(=O)NCC(O)Cc4ccccc4CC(C)(C)[Si](C)(C)O)nn23)CC1. The molecule has 53 heavy (non-hydrogen) atoms. The summed E-state index contributed by atoms with van der Waals surface area (Å²) in [6.07, 6.45) is 2.24. The first-order chi connectivity index (χ1) is 24.7. The number of nitrogens with zero attached hydrogens (tertiary/aromatic N) is 4. The van der Waals surface area contributed by atoms with Gasteiger partial charge in [-0.25, -0.2) is 9.78 Å². The van der Waals surface area contributed by atoms with E-state index in [1.54, 1.807) is 23.6 Å². The molecule has 0 aliphatic carbocycles. The van der Waals surface area contributed by atoms with Gasteiger partial charge in [0.15, 0.2) is 25.8 Å². The fourth-order valence-corrected chi connectivity index (χ4v) is 7.10. The highest BCUT2D eigenvalue weighted by atomic mass is 28.4. The van der Waals surface area contributed by atoms with Crippen LogP contribution in [0.15, 0.2) is 43.0 Å². The first-order valence-electron chi connectivity index (χ1n) is 18.7. The molecular formula is C40H61N5O7Si. The van der Waals surface area contributed by atoms with Gasteiger partial charge in [-0.1, -0.05) is 44.2 Å². The third-order valence-electron chi connectivity index (χ3n) is 10.3. The zero-order valence-corrected chi connectivity index (χ0v) is 34.4. The standard InChI is InChI=1S/C40H61N5O7Si/c1-12-22-51-40(9)18-20-44(21-19-40)36-33(34(37(48)50-13-2)52-38(4,5)6)27(3)42-32-24-31(43-45(32)36)35(47)41-26-30(46)23-28-16-14-15-17-29(28)25-39(7,8)53(10,11)49/h12,14-17,24,30,34,46,49H,1,13,18-23,25-26H2,2-11H3,(H,41,47)/t30?,34-/m0/s1. The Morgan fingerprint density at radius 3 is 2.36 bits per heavy atom. The van der Waals surface area contributed by atoms with E-state index in [0.29, 0.717) is 68.1 Å². The number of aliphatic hydroxyl groups excluding tert-OH is 1. The number of carbonyl (C=O) groups excluding carboxylic acids is 2. The Bertz CT molecular complexity index is 1750. The summed E-state index contributed by atoms with van der Waals surface area (Å²) >= 11 is 0. The summed E-state index contributed by atoms with van der Waals surface area (Å²) in [6, 6.07) is 9.55. The average molecular weight is 752 g/mol. The number of aliphatic hydroxyl groups is 1. The van der Waals surface area contributed by atoms with Gasteiger partial charge in [-0.15, -0.1) is 6.58 Å². The van der Waals surface area contributed by atoms with Gasteiger partial charge < -0.3 is 34.3 Å². The Morgan fingerprint density at radius 1 is 1.13 bits per heavy atom. The molecule has 2 aromatic heterocycles. The predicted octanol–water partition coefficient (Wildman–Crippen LogP) is 5.87. The summed E-state index contributed by atoms with van der Waals surface area (Å²) in [5, 5.41) is 18.4. The maximum absolute atomic E-state index is 13.6. The Labute approximate surface area is 316 Å². The number of aromatic nitrogens is 3. The van der Waals surface area contributed by atoms with Gasteiger partial charge in [-0.05, 0) is 90.1 Å². The number of esters is 1. The second-order valence-electron chi connectivity index (χ2n) is 16.6. The van der Waals surface area contributed by atoms with Crippen LogP contribution in [0.2, 0.25) is 18.1 Å². The molecule has 1 aliphatic rings. The van der Waals surface area contributed by atoms with E-state index in [1.807, 2.05) is 65.1 Å². The van der Waals surface area contributed by atoms with Crippen LogP contribution in [0.1, 0.15) is 100 Å². The van der Waals surface area contributed by atoms with Crippen molar-refractivity contribution in [1.82, 2.24) is 19.9 Å². The number of hydrogen-bond acceptors (Lipinski definition) is 10. The van der Waals surface area contributed by atoms with Gasteiger partial charge in [0, 0.05) is 37.8 Å². The predicted molar refractivity (Wildman–Crippen MR) is 210 cm³/mol. The lowest BCUT2D eigenvalue weighted by Gasteiger charge is -2.41. The topological polar surface area (TPSA) is 148 Å². The minimum atomic E-state index is -2.45. The molecule has 1 fully saturated rings. The number of aryl methyl sites for hydroxylation is 1. The molecular weight excluding hydrogens is 691 g/mol. The molecule has 0 saturated carbocycles. The summed E-state index contributed by atoms with van der Waals surface area (Å²) in [5.74, 6) is -0.386. The number of amides is 1. The van der Waals surface area contributed by atoms with Crippen LogP contribution < -0.4 is 10.2 Å². The van der Waals surface area contributed by atoms with Gasteiger partial charge in [-0.2, -0.15) is 9.61 Å². The normalized spacial score (nSPS) is 16.3. The van der Waals surface area contributed by atoms with Crippen LogP contribution in [0.25, 0.3) is 5.65 Å². The maximum atomic E-state index is 13.6. The van der Waals surface area contributed by atoms with Crippen molar-refractivity contribution in [1.29, 1.82) is 0 Å². The summed E-state index contributed by atoms with van der Waals surface area (Å²) in [5.41, 5.74) is 2.66. The molecule has 1 aliphatic heterocycles. The number of piperidine rings is 1. The van der Waals surface area contributed by atoms with Crippen molar-refractivity contribution in [2.24, 2.45) is 0 Å². The lowest BCUT2D eigenvalue weighted by Crippen LogP contribution is -2.45. The Morgan fingerprint density at radius 2 is 1.77 bits per heavy atom. The fourth-order valence-electron chi connectivity index (χ4n) is 6.48. The van der Waals surface area contributed by atoms with Crippen molar-refractivity contribution in [3.05, 3.63) is 71.1 Å². The van der Waals surface area contributed by atoms with Crippen molar-refractivity contribution in [2.75, 3.05) is 37.7 Å². The summed E-state index contributed by atoms with van der Waals surface area (Å²) in [7, 11) is -2.45. The molecule has 0 spiro atoms. The lowest BCUT2D eigenvalue weighted by molar-refractivity contribution is -0.166. The Balaban J connectivity index is 1.65. The van der Waals surface area contributed by atoms with E-state index in [2.05, 4.69) is 37.6 Å². The van der Waals surface area contributed by atoms with Gasteiger partial charge in [0.05, 0.1) is 36.1 Å². The van der Waals surface area contributed by atoms with Crippen molar-refractivity contribution in [3.8, 4) is 0 Å². The number of nitrogens with one attached hydrogen (secondary N) is 1. The smallest absolute Gasteiger partial charge is 0.340 e. The van der Waals surface area contributed by atoms with Gasteiger partial charge >= 0.3 is 5.97 Å². The quantitative estimate of drug-likeness (QED) is 0.0923. The van der Waals surface area contributed by atoms with Gasteiger partial charge in [0.25, 0.3) is 5.91 Å². The minimum Gasteiger partial charge on any atom is -0.464 e. The molecule has 3 N–H and O–H groups in total. The minimum absolute atomic E-state index is 0.00894. The van der Waals surface area contributed by atoms with Crippen molar-refractivity contribution in [3.63, 3.8) is 0 Å². The summed E-state index contributed by atoms with van der Waals surface area (Å²) in [4.78, 5) is 45.0. The third kappa shape index (κ3) is 10.5. The summed E-state index contributed by atoms with van der Waals surface area (Å²) < 4.78 is 19.6. The molecule has 0 radical (unpaired) electrons. The molecule has 4 rings (SSSR count). The molecule has 1 aromatic carbocycles. The van der Waals surface area contributed by atoms with Crippen molar-refractivity contribution >= 4 is 31.7 Å². The highest BCUT2D eigenvalue weighted by molar-refractivity contribution is 6.72. The summed E-state index contributed by atoms with van der Waals surface area (Å²) in [6.45, 7) is 25.0. The Kier molecular flexibility index (Phi) is 13.4. The molecule has 292 valence electrons. The van der Waals surface area contributed by atoms with Gasteiger partial charge in [0.1, 0.15) is 5.82 Å². The number of rotatable bonds is 16. The number of fused-ring (bicyclic) bond motifs is 1. The maximum Gasteiger partial charge on any atom is 0.340 e. The molecule has 1 amide bonds. The third-order valence-corrected chi connectivity index (χ3v) is 13.8. The molecule has 3 aromatic rings. The monoisotopic (exact) mass is 751 g/mol. The fraction of sp³-hybridized carbons (Fsp3) is 0.600. The number of hydrogen-bond donors (Lipinski definition) is 3. The zero-order chi connectivity index (χ0) is 39.4. The van der Waals surface area contributed by atoms with Crippen LogP contribution >= 0.6 is 0 Å². The van der Waals surface area contributed by atoms with E-state index in [-0.39, 0.29) is 29.5 Å². The molecule has 3 heterocycles. The van der Waals surface area contributed by atoms with Gasteiger partial charge in [0.2, 0.25) is 0 Å². The molecule has 12 nitrogen and oxygen atoms in total. The van der Waals surface area contributed by atoms with Crippen molar-refractivity contribution < 1.29 is 33.7 Å². The number of benzene rings is 1. The van der Waals surface area contributed by atoms with E-state index < -0.39 is 38.0 Å². The molecule has 1 unspecified atom stereocenters. The molecule has 13 heteroatoms. The van der Waals surface area contributed by atoms with E-state index >= 15 is 0 Å². The Hall–Kier alpha value is -3.62. The van der Waals surface area contributed by atoms with Crippen LogP contribution in [0.3, 0.4) is 0 Å². The second-order valence-corrected chi connectivity index (χ2v) is 21.1.